The number of aliphatic imine (C=N–C) groups is 1. The van der Waals surface area contributed by atoms with Gasteiger partial charge in [0.25, 0.3) is 11.8 Å². The van der Waals surface area contributed by atoms with Gasteiger partial charge in [-0.25, -0.2) is 0 Å². The van der Waals surface area contributed by atoms with Gasteiger partial charge in [-0.05, 0) is 120 Å². The van der Waals surface area contributed by atoms with Crippen molar-refractivity contribution < 1.29 is 52.5 Å². The number of benzene rings is 3. The van der Waals surface area contributed by atoms with Crippen LogP contribution in [0.25, 0.3) is 0 Å². The molecule has 1 fully saturated rings. The number of unbranched alkanes of at least 4 members (excludes halogenated alkanes) is 13. The Morgan fingerprint density at radius 1 is 0.744 bits per heavy atom. The average Bonchev–Trinajstić information content (AvgIpc) is 1.67. The second-order valence-corrected chi connectivity index (χ2v) is 26.4. The number of aryl methyl sites for hydroxylation is 1. The van der Waals surface area contributed by atoms with Gasteiger partial charge in [0.15, 0.2) is 5.82 Å². The molecule has 3 N–H and O–H groups in total. The summed E-state index contributed by atoms with van der Waals surface area (Å²) in [5.74, 6) is -0.583. The van der Waals surface area contributed by atoms with Crippen molar-refractivity contribution in [2.24, 2.45) is 10.9 Å². The number of halogens is 1. The predicted octanol–water partition coefficient (Wildman–Crippen LogP) is 12.3. The van der Waals surface area contributed by atoms with Crippen LogP contribution in [-0.4, -0.2) is 136 Å². The van der Waals surface area contributed by atoms with E-state index in [1.54, 1.807) is 59.1 Å². The standard InChI is InChI=1S/C68H90ClN9O11S/c1-45-46(2)90-67-60(45)62(48-26-28-49(69)29-27-48)72-54(63-75-74-47(3)77(63)67)44-57(80)71-50-30-32-51(33-31-50)88-43-42-87-41-38-76(58(81)24-19-17-15-13-11-9-7-8-10-12-14-16-18-20-25-59(82)89-68(4,5)6)37-40-86-39-36-70-53-23-21-22-52-61(53)66(85)78(65(52)84)55-34-35-56(79)73-64(55)83/h21-23,26-33,54-55,60,67,70H,7-20,24-25,34-44H2,1-6H3,(H,71,80)(H,73,79,83)/t54-,55?,60?,67?/m0/s1. The molecule has 3 aromatic carbocycles. The maximum atomic E-state index is 13.8. The third-order valence-corrected chi connectivity index (χ3v) is 18.3. The molecule has 0 spiro atoms. The number of ether oxygens (including phenoxy) is 4. The minimum absolute atomic E-state index is 0.0300. The quantitative estimate of drug-likeness (QED) is 0.0218. The van der Waals surface area contributed by atoms with E-state index in [-0.39, 0.29) is 92.5 Å². The highest BCUT2D eigenvalue weighted by atomic mass is 35.5. The van der Waals surface area contributed by atoms with Gasteiger partial charge in [-0.2, -0.15) is 0 Å². The van der Waals surface area contributed by atoms with E-state index in [9.17, 15) is 33.6 Å². The molecule has 0 radical (unpaired) electrons. The molecule has 6 amide bonds. The summed E-state index contributed by atoms with van der Waals surface area (Å²) in [4.78, 5) is 99.9. The second kappa shape index (κ2) is 33.9. The molecule has 0 aliphatic carbocycles. The number of nitrogens with one attached hydrogen (secondary N) is 3. The number of nitrogens with zero attached hydrogens (tertiary/aromatic N) is 6. The average molecular weight is 1280 g/mol. The molecule has 90 heavy (non-hydrogen) atoms. The van der Waals surface area contributed by atoms with Crippen molar-refractivity contribution in [1.29, 1.82) is 0 Å². The molecule has 0 bridgehead atoms. The minimum Gasteiger partial charge on any atom is -0.491 e. The summed E-state index contributed by atoms with van der Waals surface area (Å²) >= 11 is 8.07. The number of anilines is 2. The monoisotopic (exact) mass is 1280 g/mol. The number of imide groups is 2. The first-order chi connectivity index (χ1) is 43.4. The lowest BCUT2D eigenvalue weighted by molar-refractivity contribution is -0.155. The Bertz CT molecular complexity index is 3200. The summed E-state index contributed by atoms with van der Waals surface area (Å²) in [7, 11) is 0. The fraction of sp³-hybridized carbons (Fsp3) is 0.559. The van der Waals surface area contributed by atoms with Crippen molar-refractivity contribution in [2.75, 3.05) is 63.3 Å². The van der Waals surface area contributed by atoms with Gasteiger partial charge in [-0.3, -0.25) is 53.3 Å². The summed E-state index contributed by atoms with van der Waals surface area (Å²) in [6.45, 7) is 14.3. The maximum absolute atomic E-state index is 13.8. The summed E-state index contributed by atoms with van der Waals surface area (Å²) in [6.07, 6.45) is 16.8. The second-order valence-electron chi connectivity index (χ2n) is 24.6. The van der Waals surface area contributed by atoms with Crippen LogP contribution in [0, 0.1) is 12.8 Å². The largest absolute Gasteiger partial charge is 0.491 e. The zero-order valence-corrected chi connectivity index (χ0v) is 54.8. The van der Waals surface area contributed by atoms with Crippen LogP contribution in [0.3, 0.4) is 0 Å². The van der Waals surface area contributed by atoms with Crippen LogP contribution in [0.5, 0.6) is 5.75 Å². The van der Waals surface area contributed by atoms with Crippen molar-refractivity contribution in [3.05, 3.63) is 111 Å². The summed E-state index contributed by atoms with van der Waals surface area (Å²) in [5.41, 5.74) is 4.04. The third-order valence-electron chi connectivity index (χ3n) is 16.6. The number of fused-ring (bicyclic) bond motifs is 4. The Kier molecular flexibility index (Phi) is 26.0. The van der Waals surface area contributed by atoms with E-state index in [2.05, 4.69) is 44.6 Å². The van der Waals surface area contributed by atoms with E-state index in [0.717, 1.165) is 66.9 Å². The van der Waals surface area contributed by atoms with E-state index in [0.29, 0.717) is 60.4 Å². The van der Waals surface area contributed by atoms with E-state index in [1.807, 2.05) is 52.0 Å². The van der Waals surface area contributed by atoms with Gasteiger partial charge in [0.2, 0.25) is 23.6 Å². The first-order valence-electron chi connectivity index (χ1n) is 32.2. The number of hydrogen-bond donors (Lipinski definition) is 3. The normalized spacial score (nSPS) is 18.0. The van der Waals surface area contributed by atoms with Crippen molar-refractivity contribution in [3.8, 4) is 5.75 Å². The smallest absolute Gasteiger partial charge is 0.306 e. The number of amides is 6. The molecule has 8 rings (SSSR count). The zero-order valence-electron chi connectivity index (χ0n) is 53.2. The molecular weight excluding hydrogens is 1190 g/mol. The van der Waals surface area contributed by atoms with Crippen LogP contribution in [0.4, 0.5) is 11.4 Å². The lowest BCUT2D eigenvalue weighted by Gasteiger charge is -2.27. The number of carbonyl (C=O) groups excluding carboxylic acids is 7. The van der Waals surface area contributed by atoms with Gasteiger partial charge in [0.1, 0.15) is 35.9 Å². The van der Waals surface area contributed by atoms with Gasteiger partial charge in [0, 0.05) is 55.3 Å². The van der Waals surface area contributed by atoms with E-state index in [1.165, 1.54) is 55.4 Å². The van der Waals surface area contributed by atoms with Crippen molar-refractivity contribution in [2.45, 2.75) is 187 Å². The summed E-state index contributed by atoms with van der Waals surface area (Å²) in [6, 6.07) is 18.1. The number of carbonyl (C=O) groups is 7. The molecule has 1 saturated heterocycles. The number of esters is 1. The first-order valence-corrected chi connectivity index (χ1v) is 33.5. The molecule has 0 saturated carbocycles. The summed E-state index contributed by atoms with van der Waals surface area (Å²) < 4.78 is 25.5. The topological polar surface area (TPSA) is 242 Å². The number of aromatic nitrogens is 3. The van der Waals surface area contributed by atoms with Gasteiger partial charge < -0.3 is 34.5 Å². The molecule has 4 atom stereocenters. The van der Waals surface area contributed by atoms with Crippen LogP contribution < -0.4 is 20.7 Å². The van der Waals surface area contributed by atoms with Gasteiger partial charge in [0.05, 0.1) is 61.0 Å². The number of piperidine rings is 1. The van der Waals surface area contributed by atoms with Crippen LogP contribution in [-0.2, 0) is 38.2 Å². The fourth-order valence-corrected chi connectivity index (χ4v) is 13.5. The lowest BCUT2D eigenvalue weighted by atomic mass is 9.90. The van der Waals surface area contributed by atoms with E-state index < -0.39 is 41.3 Å². The Morgan fingerprint density at radius 3 is 2.02 bits per heavy atom. The Balaban J connectivity index is 0.752. The molecular formula is C68H90ClN9O11S. The van der Waals surface area contributed by atoms with Crippen molar-refractivity contribution in [1.82, 2.24) is 29.9 Å². The van der Waals surface area contributed by atoms with Crippen molar-refractivity contribution >= 4 is 81.9 Å². The van der Waals surface area contributed by atoms with Crippen LogP contribution in [0.1, 0.15) is 206 Å². The number of rotatable bonds is 36. The maximum Gasteiger partial charge on any atom is 0.306 e. The Morgan fingerprint density at radius 2 is 1.38 bits per heavy atom. The predicted molar refractivity (Wildman–Crippen MR) is 349 cm³/mol. The number of allylic oxidation sites excluding steroid dienone is 2. The van der Waals surface area contributed by atoms with Crippen LogP contribution in [0.2, 0.25) is 5.02 Å². The lowest BCUT2D eigenvalue weighted by Crippen LogP contribution is -2.54. The highest BCUT2D eigenvalue weighted by molar-refractivity contribution is 8.03. The van der Waals surface area contributed by atoms with Gasteiger partial charge in [-0.15, -0.1) is 22.0 Å². The minimum atomic E-state index is -1.06. The zero-order chi connectivity index (χ0) is 64.2. The number of thioether (sulfide) groups is 1. The summed E-state index contributed by atoms with van der Waals surface area (Å²) in [5, 5.41) is 18.1. The molecule has 22 heteroatoms. The molecule has 4 aliphatic heterocycles. The van der Waals surface area contributed by atoms with E-state index >= 15 is 0 Å². The molecule has 486 valence electrons. The Hall–Kier alpha value is -6.94. The molecule has 1 aromatic heterocycles. The Labute approximate surface area is 538 Å². The highest BCUT2D eigenvalue weighted by Crippen LogP contribution is 2.53. The van der Waals surface area contributed by atoms with Crippen molar-refractivity contribution in [3.63, 3.8) is 0 Å². The van der Waals surface area contributed by atoms with Gasteiger partial charge in [-0.1, -0.05) is 112 Å². The first kappa shape index (κ1) is 69.0. The van der Waals surface area contributed by atoms with E-state index in [4.69, 9.17) is 35.5 Å². The van der Waals surface area contributed by atoms with Gasteiger partial charge >= 0.3 is 5.97 Å². The third kappa shape index (κ3) is 19.5. The molecule has 4 aliphatic rings. The molecule has 20 nitrogen and oxygen atoms in total. The number of hydrogen-bond acceptors (Lipinski definition) is 16. The van der Waals surface area contributed by atoms with Crippen LogP contribution >= 0.6 is 23.4 Å². The molecule has 4 aromatic rings. The SMILES string of the molecule is CC1=C(C)C2C(c3ccc(Cl)cc3)=N[C@@H](CC(=O)Nc3ccc(OCCOCCN(CCOCCNc4cccc5c4C(=O)N(C4CCC(=O)NC4=O)C5=O)C(=O)CCCCCCCCCCCCCCCCC(=O)OC(C)(C)C)cc3)c3nnc(C)n3C2S1. The molecule has 5 heterocycles. The fourth-order valence-electron chi connectivity index (χ4n) is 11.9. The van der Waals surface area contributed by atoms with Crippen LogP contribution in [0.15, 0.2) is 82.2 Å². The molecule has 3 unspecified atom stereocenters. The highest BCUT2D eigenvalue weighted by Gasteiger charge is 2.46.